The second-order valence-corrected chi connectivity index (χ2v) is 4.82. The van der Waals surface area contributed by atoms with Gasteiger partial charge in [0.05, 0.1) is 0 Å². The second kappa shape index (κ2) is 3.28. The Kier molecular flexibility index (Phi) is 2.27. The highest BCUT2D eigenvalue weighted by molar-refractivity contribution is 5.83. The van der Waals surface area contributed by atoms with Gasteiger partial charge in [-0.25, -0.2) is 0 Å². The predicted octanol–water partition coefficient (Wildman–Crippen LogP) is 2.81. The maximum atomic E-state index is 11.8. The van der Waals surface area contributed by atoms with E-state index in [1.54, 1.807) is 0 Å². The van der Waals surface area contributed by atoms with E-state index in [1.165, 1.54) is 6.42 Å². The average molecular weight is 178 g/mol. The quantitative estimate of drug-likeness (QED) is 0.521. The van der Waals surface area contributed by atoms with Crippen LogP contribution in [0.5, 0.6) is 0 Å². The molecule has 0 aromatic heterocycles. The third kappa shape index (κ3) is 1.56. The Morgan fingerprint density at radius 3 is 2.92 bits per heavy atom. The lowest BCUT2D eigenvalue weighted by Crippen LogP contribution is -2.37. The van der Waals surface area contributed by atoms with Crippen LogP contribution < -0.4 is 0 Å². The molecule has 1 saturated carbocycles. The van der Waals surface area contributed by atoms with Gasteiger partial charge in [-0.1, -0.05) is 26.0 Å². The third-order valence-corrected chi connectivity index (χ3v) is 3.58. The summed E-state index contributed by atoms with van der Waals surface area (Å²) in [6.45, 7) is 4.39. The van der Waals surface area contributed by atoms with Crippen LogP contribution in [-0.4, -0.2) is 5.78 Å². The lowest BCUT2D eigenvalue weighted by Gasteiger charge is -2.38. The molecule has 4 atom stereocenters. The molecule has 13 heavy (non-hydrogen) atoms. The number of ketones is 1. The van der Waals surface area contributed by atoms with Gasteiger partial charge >= 0.3 is 0 Å². The van der Waals surface area contributed by atoms with Crippen molar-refractivity contribution < 1.29 is 4.79 Å². The van der Waals surface area contributed by atoms with Gasteiger partial charge in [-0.15, -0.1) is 0 Å². The zero-order valence-corrected chi connectivity index (χ0v) is 8.49. The Bertz CT molecular complexity index is 242. The molecule has 0 amide bonds. The van der Waals surface area contributed by atoms with Crippen LogP contribution >= 0.6 is 0 Å². The molecule has 1 heteroatoms. The molecule has 1 nitrogen and oxygen atoms in total. The minimum Gasteiger partial charge on any atom is -0.299 e. The van der Waals surface area contributed by atoms with Gasteiger partial charge in [-0.2, -0.15) is 0 Å². The molecular formula is C12H18O. The molecule has 0 aromatic carbocycles. The van der Waals surface area contributed by atoms with E-state index >= 15 is 0 Å². The van der Waals surface area contributed by atoms with Crippen LogP contribution in [0.4, 0.5) is 0 Å². The van der Waals surface area contributed by atoms with Crippen molar-refractivity contribution in [1.82, 2.24) is 0 Å². The number of fused-ring (bicyclic) bond motifs is 1. The Hall–Kier alpha value is -0.590. The highest BCUT2D eigenvalue weighted by Crippen LogP contribution is 2.40. The number of carbonyl (C=O) groups excluding carboxylic acids is 1. The van der Waals surface area contributed by atoms with E-state index in [1.807, 2.05) is 0 Å². The normalized spacial score (nSPS) is 44.6. The summed E-state index contributed by atoms with van der Waals surface area (Å²) in [5, 5.41) is 0. The fourth-order valence-corrected chi connectivity index (χ4v) is 3.04. The van der Waals surface area contributed by atoms with Gasteiger partial charge in [-0.05, 0) is 30.6 Å². The zero-order valence-electron chi connectivity index (χ0n) is 8.49. The highest BCUT2D eigenvalue weighted by Gasteiger charge is 2.38. The topological polar surface area (TPSA) is 17.1 Å². The van der Waals surface area contributed by atoms with Crippen molar-refractivity contribution in [2.45, 2.75) is 33.1 Å². The van der Waals surface area contributed by atoms with Gasteiger partial charge in [0.25, 0.3) is 0 Å². The van der Waals surface area contributed by atoms with Crippen LogP contribution in [-0.2, 0) is 4.79 Å². The first-order valence-electron chi connectivity index (χ1n) is 5.38. The number of hydrogen-bond donors (Lipinski definition) is 0. The first kappa shape index (κ1) is 8.98. The molecule has 1 fully saturated rings. The summed E-state index contributed by atoms with van der Waals surface area (Å²) in [6.07, 6.45) is 7.68. The minimum atomic E-state index is 0.348. The van der Waals surface area contributed by atoms with Crippen LogP contribution in [0.2, 0.25) is 0 Å². The van der Waals surface area contributed by atoms with Crippen LogP contribution in [0.3, 0.4) is 0 Å². The van der Waals surface area contributed by atoms with Crippen LogP contribution in [0.1, 0.15) is 33.1 Å². The average Bonchev–Trinajstić information content (AvgIpc) is 2.02. The molecule has 72 valence electrons. The molecule has 4 unspecified atom stereocenters. The monoisotopic (exact) mass is 178 g/mol. The van der Waals surface area contributed by atoms with Crippen LogP contribution in [0, 0.1) is 23.7 Å². The molecule has 0 heterocycles. The predicted molar refractivity (Wildman–Crippen MR) is 53.3 cm³/mol. The van der Waals surface area contributed by atoms with E-state index in [-0.39, 0.29) is 0 Å². The lowest BCUT2D eigenvalue weighted by atomic mass is 9.65. The van der Waals surface area contributed by atoms with Crippen molar-refractivity contribution in [3.05, 3.63) is 12.2 Å². The summed E-state index contributed by atoms with van der Waals surface area (Å²) in [4.78, 5) is 11.8. The first-order valence-corrected chi connectivity index (χ1v) is 5.38. The Morgan fingerprint density at radius 2 is 2.15 bits per heavy atom. The Labute approximate surface area is 80.2 Å². The summed E-state index contributed by atoms with van der Waals surface area (Å²) < 4.78 is 0. The first-order chi connectivity index (χ1) is 6.18. The molecule has 0 radical (unpaired) electrons. The summed E-state index contributed by atoms with van der Waals surface area (Å²) >= 11 is 0. The summed E-state index contributed by atoms with van der Waals surface area (Å²) in [6, 6.07) is 0. The largest absolute Gasteiger partial charge is 0.299 e. The molecule has 0 spiro atoms. The fraction of sp³-hybridized carbons (Fsp3) is 0.750. The van der Waals surface area contributed by atoms with E-state index in [0.29, 0.717) is 29.5 Å². The molecule has 0 N–H and O–H groups in total. The number of carbonyl (C=O) groups is 1. The van der Waals surface area contributed by atoms with E-state index in [9.17, 15) is 4.79 Å². The van der Waals surface area contributed by atoms with E-state index in [2.05, 4.69) is 26.0 Å². The fourth-order valence-electron chi connectivity index (χ4n) is 3.04. The molecule has 0 aromatic rings. The van der Waals surface area contributed by atoms with Crippen LogP contribution in [0.15, 0.2) is 12.2 Å². The van der Waals surface area contributed by atoms with Crippen molar-refractivity contribution in [2.75, 3.05) is 0 Å². The van der Waals surface area contributed by atoms with Gasteiger partial charge < -0.3 is 0 Å². The Morgan fingerprint density at radius 1 is 1.38 bits per heavy atom. The van der Waals surface area contributed by atoms with Gasteiger partial charge in [0.2, 0.25) is 0 Å². The second-order valence-electron chi connectivity index (χ2n) is 4.82. The number of rotatable bonds is 0. The molecule has 0 aliphatic heterocycles. The third-order valence-electron chi connectivity index (χ3n) is 3.58. The smallest absolute Gasteiger partial charge is 0.137 e. The highest BCUT2D eigenvalue weighted by atomic mass is 16.1. The van der Waals surface area contributed by atoms with E-state index in [0.717, 1.165) is 12.8 Å². The van der Waals surface area contributed by atoms with Gasteiger partial charge in [-0.3, -0.25) is 4.79 Å². The van der Waals surface area contributed by atoms with Gasteiger partial charge in [0.15, 0.2) is 0 Å². The van der Waals surface area contributed by atoms with Crippen molar-refractivity contribution in [2.24, 2.45) is 23.7 Å². The lowest BCUT2D eigenvalue weighted by molar-refractivity contribution is -0.129. The number of allylic oxidation sites excluding steroid dienone is 2. The maximum Gasteiger partial charge on any atom is 0.137 e. The molecule has 0 bridgehead atoms. The van der Waals surface area contributed by atoms with Crippen molar-refractivity contribution in [3.63, 3.8) is 0 Å². The van der Waals surface area contributed by atoms with Crippen molar-refractivity contribution in [3.8, 4) is 0 Å². The molecule has 2 rings (SSSR count). The number of Topliss-reactive ketones (excluding diaryl/α,β-unsaturated/α-hetero) is 1. The standard InChI is InChI=1S/C12H18O/c1-8-6-10-5-3-4-9(2)12(10)11(13)7-8/h3-4,8-10,12H,5-7H2,1-2H3. The van der Waals surface area contributed by atoms with E-state index in [4.69, 9.17) is 0 Å². The van der Waals surface area contributed by atoms with E-state index < -0.39 is 0 Å². The van der Waals surface area contributed by atoms with Gasteiger partial charge in [0.1, 0.15) is 5.78 Å². The molecule has 2 aliphatic rings. The SMILES string of the molecule is CC1CC(=O)C2C(C)C=CCC2C1. The van der Waals surface area contributed by atoms with Gasteiger partial charge in [0, 0.05) is 12.3 Å². The molecule has 2 aliphatic carbocycles. The molecular weight excluding hydrogens is 160 g/mol. The number of hydrogen-bond acceptors (Lipinski definition) is 1. The summed E-state index contributed by atoms with van der Waals surface area (Å²) in [5.74, 6) is 2.62. The van der Waals surface area contributed by atoms with Crippen molar-refractivity contribution >= 4 is 5.78 Å². The Balaban J connectivity index is 2.19. The molecule has 0 saturated heterocycles. The maximum absolute atomic E-state index is 11.8. The summed E-state index contributed by atoms with van der Waals surface area (Å²) in [7, 11) is 0. The van der Waals surface area contributed by atoms with Crippen molar-refractivity contribution in [1.29, 1.82) is 0 Å². The minimum absolute atomic E-state index is 0.348. The summed E-state index contributed by atoms with van der Waals surface area (Å²) in [5.41, 5.74) is 0. The zero-order chi connectivity index (χ0) is 9.42. The van der Waals surface area contributed by atoms with Crippen LogP contribution in [0.25, 0.3) is 0 Å².